The predicted molar refractivity (Wildman–Crippen MR) is 89.1 cm³/mol. The van der Waals surface area contributed by atoms with Crippen LogP contribution in [-0.2, 0) is 5.41 Å². The summed E-state index contributed by atoms with van der Waals surface area (Å²) >= 11 is 0. The molecule has 0 aromatic heterocycles. The van der Waals surface area contributed by atoms with Crippen molar-refractivity contribution in [2.45, 2.75) is 32.2 Å². The topological polar surface area (TPSA) is 15.3 Å². The Bertz CT molecular complexity index is 621. The first kappa shape index (κ1) is 13.7. The standard InChI is InChI=1S/C19H22N2/c1-19(2,3)16-9-11-17(12-10-16)21-18(13-14-20-21)15-7-5-4-6-8-15/h4-14,18,20H,1-3H3. The molecule has 2 heteroatoms. The molecule has 2 aromatic rings. The molecule has 1 N–H and O–H groups in total. The van der Waals surface area contributed by atoms with Crippen LogP contribution >= 0.6 is 0 Å². The van der Waals surface area contributed by atoms with E-state index in [-0.39, 0.29) is 11.5 Å². The van der Waals surface area contributed by atoms with Gasteiger partial charge in [0.1, 0.15) is 0 Å². The van der Waals surface area contributed by atoms with Gasteiger partial charge in [0.25, 0.3) is 0 Å². The molecule has 1 aliphatic heterocycles. The Labute approximate surface area is 127 Å². The van der Waals surface area contributed by atoms with Crippen LogP contribution in [0.5, 0.6) is 0 Å². The molecule has 1 aliphatic rings. The van der Waals surface area contributed by atoms with Crippen LogP contribution in [0.15, 0.2) is 66.9 Å². The lowest BCUT2D eigenvalue weighted by Crippen LogP contribution is -2.32. The SMILES string of the molecule is CC(C)(C)c1ccc(N2NC=CC2c2ccccc2)cc1. The molecule has 1 atom stereocenters. The number of hydrogen-bond acceptors (Lipinski definition) is 2. The number of hydrogen-bond donors (Lipinski definition) is 1. The lowest BCUT2D eigenvalue weighted by molar-refractivity contribution is 0.590. The lowest BCUT2D eigenvalue weighted by atomic mass is 9.87. The number of hydrazine groups is 1. The highest BCUT2D eigenvalue weighted by atomic mass is 15.5. The molecule has 1 heterocycles. The van der Waals surface area contributed by atoms with Gasteiger partial charge in [-0.3, -0.25) is 5.01 Å². The van der Waals surface area contributed by atoms with Gasteiger partial charge in [-0.05, 0) is 34.8 Å². The molecule has 3 rings (SSSR count). The lowest BCUT2D eigenvalue weighted by Gasteiger charge is -2.28. The quantitative estimate of drug-likeness (QED) is 0.866. The van der Waals surface area contributed by atoms with E-state index in [0.717, 1.165) is 0 Å². The molecule has 108 valence electrons. The van der Waals surface area contributed by atoms with Crippen LogP contribution in [-0.4, -0.2) is 0 Å². The Morgan fingerprint density at radius 2 is 1.57 bits per heavy atom. The van der Waals surface area contributed by atoms with E-state index in [1.165, 1.54) is 16.8 Å². The molecule has 2 nitrogen and oxygen atoms in total. The number of nitrogens with zero attached hydrogens (tertiary/aromatic N) is 1. The zero-order valence-electron chi connectivity index (χ0n) is 12.9. The van der Waals surface area contributed by atoms with Gasteiger partial charge in [-0.25, -0.2) is 0 Å². The predicted octanol–water partition coefficient (Wildman–Crippen LogP) is 4.56. The van der Waals surface area contributed by atoms with Gasteiger partial charge in [-0.2, -0.15) is 0 Å². The van der Waals surface area contributed by atoms with Crippen molar-refractivity contribution in [1.29, 1.82) is 0 Å². The van der Waals surface area contributed by atoms with Gasteiger partial charge in [0, 0.05) is 6.20 Å². The van der Waals surface area contributed by atoms with Gasteiger partial charge in [-0.1, -0.05) is 63.2 Å². The second-order valence-corrected chi connectivity index (χ2v) is 6.51. The van der Waals surface area contributed by atoms with E-state index in [1.807, 2.05) is 6.20 Å². The maximum Gasteiger partial charge on any atom is 0.0952 e. The number of rotatable bonds is 2. The summed E-state index contributed by atoms with van der Waals surface area (Å²) in [5, 5.41) is 2.20. The van der Waals surface area contributed by atoms with Gasteiger partial charge in [-0.15, -0.1) is 0 Å². The summed E-state index contributed by atoms with van der Waals surface area (Å²) in [5.74, 6) is 0. The molecule has 1 unspecified atom stereocenters. The number of nitrogens with one attached hydrogen (secondary N) is 1. The van der Waals surface area contributed by atoms with Crippen molar-refractivity contribution >= 4 is 5.69 Å². The Kier molecular flexibility index (Phi) is 3.46. The minimum Gasteiger partial charge on any atom is -0.305 e. The summed E-state index contributed by atoms with van der Waals surface area (Å²) in [7, 11) is 0. The Morgan fingerprint density at radius 1 is 0.905 bits per heavy atom. The maximum absolute atomic E-state index is 3.33. The summed E-state index contributed by atoms with van der Waals surface area (Å²) < 4.78 is 0. The van der Waals surface area contributed by atoms with E-state index in [9.17, 15) is 0 Å². The van der Waals surface area contributed by atoms with Crippen molar-refractivity contribution in [3.8, 4) is 0 Å². The van der Waals surface area contributed by atoms with Crippen LogP contribution < -0.4 is 10.4 Å². The third-order valence-corrected chi connectivity index (χ3v) is 3.92. The molecule has 0 amide bonds. The highest BCUT2D eigenvalue weighted by molar-refractivity contribution is 5.52. The van der Waals surface area contributed by atoms with Crippen molar-refractivity contribution < 1.29 is 0 Å². The second kappa shape index (κ2) is 5.28. The largest absolute Gasteiger partial charge is 0.305 e. The first-order valence-corrected chi connectivity index (χ1v) is 7.43. The molecule has 21 heavy (non-hydrogen) atoms. The van der Waals surface area contributed by atoms with E-state index in [0.29, 0.717) is 0 Å². The molecule has 2 aromatic carbocycles. The third kappa shape index (κ3) is 2.80. The minimum atomic E-state index is 0.189. The van der Waals surface area contributed by atoms with E-state index in [1.54, 1.807) is 0 Å². The van der Waals surface area contributed by atoms with Crippen molar-refractivity contribution in [1.82, 2.24) is 5.43 Å². The Morgan fingerprint density at radius 3 is 2.19 bits per heavy atom. The Hall–Kier alpha value is -2.22. The van der Waals surface area contributed by atoms with Crippen LogP contribution in [0.25, 0.3) is 0 Å². The van der Waals surface area contributed by atoms with Crippen LogP contribution in [0.1, 0.15) is 37.9 Å². The molecular weight excluding hydrogens is 256 g/mol. The summed E-state index contributed by atoms with van der Waals surface area (Å²) in [6.45, 7) is 6.72. The van der Waals surface area contributed by atoms with Gasteiger partial charge < -0.3 is 5.43 Å². The molecule has 0 spiro atoms. The third-order valence-electron chi connectivity index (χ3n) is 3.92. The smallest absolute Gasteiger partial charge is 0.0952 e. The molecule has 0 saturated heterocycles. The Balaban J connectivity index is 1.87. The maximum atomic E-state index is 3.33. The highest BCUT2D eigenvalue weighted by Gasteiger charge is 2.22. The van der Waals surface area contributed by atoms with Crippen LogP contribution in [0.3, 0.4) is 0 Å². The van der Waals surface area contributed by atoms with E-state index in [2.05, 4.69) is 91.9 Å². The van der Waals surface area contributed by atoms with Crippen LogP contribution in [0.2, 0.25) is 0 Å². The van der Waals surface area contributed by atoms with Crippen LogP contribution in [0, 0.1) is 0 Å². The van der Waals surface area contributed by atoms with Crippen molar-refractivity contribution in [3.63, 3.8) is 0 Å². The monoisotopic (exact) mass is 278 g/mol. The fourth-order valence-electron chi connectivity index (χ4n) is 2.65. The first-order chi connectivity index (χ1) is 10.1. The summed E-state index contributed by atoms with van der Waals surface area (Å²) in [6.07, 6.45) is 4.20. The van der Waals surface area contributed by atoms with Crippen molar-refractivity contribution in [3.05, 3.63) is 78.0 Å². The first-order valence-electron chi connectivity index (χ1n) is 7.43. The van der Waals surface area contributed by atoms with Gasteiger partial charge in [0.15, 0.2) is 0 Å². The normalized spacial score (nSPS) is 17.9. The van der Waals surface area contributed by atoms with Gasteiger partial charge >= 0.3 is 0 Å². The number of benzene rings is 2. The molecule has 0 saturated carbocycles. The summed E-state index contributed by atoms with van der Waals surface area (Å²) in [5.41, 5.74) is 7.35. The minimum absolute atomic E-state index is 0.189. The van der Waals surface area contributed by atoms with Gasteiger partial charge in [0.2, 0.25) is 0 Å². The molecular formula is C19H22N2. The van der Waals surface area contributed by atoms with E-state index in [4.69, 9.17) is 0 Å². The van der Waals surface area contributed by atoms with Crippen molar-refractivity contribution in [2.75, 3.05) is 5.01 Å². The zero-order valence-corrected chi connectivity index (χ0v) is 12.9. The molecule has 0 aliphatic carbocycles. The fraction of sp³-hybridized carbons (Fsp3) is 0.263. The van der Waals surface area contributed by atoms with Crippen molar-refractivity contribution in [2.24, 2.45) is 0 Å². The zero-order chi connectivity index (χ0) is 14.9. The molecule has 0 fully saturated rings. The van der Waals surface area contributed by atoms with Gasteiger partial charge in [0.05, 0.1) is 11.7 Å². The average molecular weight is 278 g/mol. The second-order valence-electron chi connectivity index (χ2n) is 6.51. The van der Waals surface area contributed by atoms with E-state index < -0.39 is 0 Å². The van der Waals surface area contributed by atoms with Crippen LogP contribution in [0.4, 0.5) is 5.69 Å². The fourth-order valence-corrected chi connectivity index (χ4v) is 2.65. The number of anilines is 1. The van der Waals surface area contributed by atoms with E-state index >= 15 is 0 Å². The highest BCUT2D eigenvalue weighted by Crippen LogP contribution is 2.31. The summed E-state index contributed by atoms with van der Waals surface area (Å²) in [6, 6.07) is 19.6. The molecule has 0 radical (unpaired) electrons. The summed E-state index contributed by atoms with van der Waals surface area (Å²) in [4.78, 5) is 0. The average Bonchev–Trinajstić information content (AvgIpc) is 2.97. The molecule has 0 bridgehead atoms.